The van der Waals surface area contributed by atoms with Gasteiger partial charge >= 0.3 is 0 Å². The van der Waals surface area contributed by atoms with Gasteiger partial charge in [0.25, 0.3) is 0 Å². The molecule has 0 aliphatic carbocycles. The number of aromatic nitrogens is 1. The number of fused-ring (bicyclic) bond motifs is 1. The molecule has 0 aliphatic rings. The monoisotopic (exact) mass is 297 g/mol. The van der Waals surface area contributed by atoms with Gasteiger partial charge in [0.1, 0.15) is 11.5 Å². The number of benzene rings is 1. The van der Waals surface area contributed by atoms with Crippen LogP contribution in [0.5, 0.6) is 0 Å². The van der Waals surface area contributed by atoms with Gasteiger partial charge in [0, 0.05) is 10.9 Å². The normalized spacial score (nSPS) is 11.3. The van der Waals surface area contributed by atoms with E-state index in [0.29, 0.717) is 16.0 Å². The number of nitrogens with zero attached hydrogens (tertiary/aromatic N) is 2. The molecule has 5 heteroatoms. The van der Waals surface area contributed by atoms with E-state index in [2.05, 4.69) is 5.16 Å². The average Bonchev–Trinajstić information content (AvgIpc) is 2.64. The van der Waals surface area contributed by atoms with Gasteiger partial charge in [-0.3, -0.25) is 9.98 Å². The lowest BCUT2D eigenvalue weighted by molar-refractivity contribution is 0.320. The number of halogens is 1. The molecule has 0 amide bonds. The molecule has 0 aliphatic heterocycles. The maximum Gasteiger partial charge on any atom is 0.140 e. The lowest BCUT2D eigenvalue weighted by Gasteiger charge is -2.00. The fraction of sp³-hybridized carbons (Fsp3) is 0. The third kappa shape index (κ3) is 2.19. The number of nitrogens with one attached hydrogen (secondary N) is 1. The van der Waals surface area contributed by atoms with Crippen molar-refractivity contribution < 1.29 is 5.21 Å². The minimum absolute atomic E-state index is 0.305. The van der Waals surface area contributed by atoms with Gasteiger partial charge in [-0.25, -0.2) is 0 Å². The van der Waals surface area contributed by atoms with Crippen LogP contribution in [0, 0.1) is 5.41 Å². The molecule has 2 N–H and O–H groups in total. The summed E-state index contributed by atoms with van der Waals surface area (Å²) in [5, 5.41) is 21.6. The lowest BCUT2D eigenvalue weighted by Crippen LogP contribution is -2.04. The highest BCUT2D eigenvalue weighted by atomic mass is 35.5. The Balaban J connectivity index is 2.53. The van der Waals surface area contributed by atoms with Crippen molar-refractivity contribution in [2.24, 2.45) is 5.16 Å². The molecule has 4 nitrogen and oxygen atoms in total. The van der Waals surface area contributed by atoms with E-state index in [1.165, 1.54) is 10.9 Å². The second kappa shape index (κ2) is 5.42. The second-order valence-electron chi connectivity index (χ2n) is 4.53. The molecule has 0 spiro atoms. The zero-order valence-electron chi connectivity index (χ0n) is 11.0. The number of hydrogen-bond acceptors (Lipinski definition) is 3. The van der Waals surface area contributed by atoms with Crippen molar-refractivity contribution in [3.05, 3.63) is 65.1 Å². The van der Waals surface area contributed by atoms with Gasteiger partial charge in [-0.05, 0) is 11.6 Å². The SMILES string of the molecule is N=c1ccccc2c(-c3ccccc3)c(Cl)n(C=NO)c12. The minimum Gasteiger partial charge on any atom is -0.410 e. The minimum atomic E-state index is 0.305. The van der Waals surface area contributed by atoms with Gasteiger partial charge in [-0.15, -0.1) is 0 Å². The van der Waals surface area contributed by atoms with Gasteiger partial charge in [0.05, 0.1) is 10.9 Å². The Morgan fingerprint density at radius 1 is 1.05 bits per heavy atom. The molecule has 0 atom stereocenters. The topological polar surface area (TPSA) is 61.4 Å². The summed E-state index contributed by atoms with van der Waals surface area (Å²) in [7, 11) is 0. The molecule has 3 rings (SSSR count). The first-order valence-corrected chi connectivity index (χ1v) is 6.72. The fourth-order valence-corrected chi connectivity index (χ4v) is 2.78. The highest BCUT2D eigenvalue weighted by molar-refractivity contribution is 6.35. The van der Waals surface area contributed by atoms with Crippen molar-refractivity contribution in [3.8, 4) is 11.1 Å². The molecule has 2 aromatic carbocycles. The summed E-state index contributed by atoms with van der Waals surface area (Å²) in [6.45, 7) is 0. The first-order valence-electron chi connectivity index (χ1n) is 6.34. The molecule has 0 saturated heterocycles. The van der Waals surface area contributed by atoms with E-state index in [1.54, 1.807) is 12.1 Å². The van der Waals surface area contributed by atoms with Crippen LogP contribution in [0.25, 0.3) is 22.0 Å². The molecule has 0 bridgehead atoms. The Bertz CT molecular complexity index is 885. The van der Waals surface area contributed by atoms with E-state index >= 15 is 0 Å². The van der Waals surface area contributed by atoms with Crippen molar-refractivity contribution >= 4 is 28.8 Å². The molecule has 104 valence electrons. The van der Waals surface area contributed by atoms with E-state index in [-0.39, 0.29) is 0 Å². The van der Waals surface area contributed by atoms with E-state index in [4.69, 9.17) is 22.2 Å². The van der Waals surface area contributed by atoms with Crippen LogP contribution >= 0.6 is 11.6 Å². The Morgan fingerprint density at radius 3 is 2.43 bits per heavy atom. The zero-order valence-corrected chi connectivity index (χ0v) is 11.7. The summed E-state index contributed by atoms with van der Waals surface area (Å²) >= 11 is 6.46. The van der Waals surface area contributed by atoms with Gasteiger partial charge in [0.2, 0.25) is 0 Å². The van der Waals surface area contributed by atoms with E-state index in [9.17, 15) is 0 Å². The Hall–Kier alpha value is -2.59. The molecule has 1 aromatic heterocycles. The van der Waals surface area contributed by atoms with Crippen LogP contribution in [0.2, 0.25) is 5.15 Å². The summed E-state index contributed by atoms with van der Waals surface area (Å²) < 4.78 is 1.52. The quantitative estimate of drug-likeness (QED) is 0.322. The fourth-order valence-electron chi connectivity index (χ4n) is 2.44. The average molecular weight is 298 g/mol. The van der Waals surface area contributed by atoms with Crippen LogP contribution in [0.3, 0.4) is 0 Å². The van der Waals surface area contributed by atoms with Crippen LogP contribution in [-0.4, -0.2) is 16.1 Å². The van der Waals surface area contributed by atoms with Crippen LogP contribution in [0.4, 0.5) is 0 Å². The summed E-state index contributed by atoms with van der Waals surface area (Å²) in [6, 6.07) is 16.9. The number of rotatable bonds is 2. The molecular formula is C16H12ClN3O. The van der Waals surface area contributed by atoms with Gasteiger partial charge < -0.3 is 5.21 Å². The maximum absolute atomic E-state index is 8.87. The predicted molar refractivity (Wildman–Crippen MR) is 83.9 cm³/mol. The third-order valence-electron chi connectivity index (χ3n) is 3.30. The van der Waals surface area contributed by atoms with Crippen molar-refractivity contribution in [2.45, 2.75) is 0 Å². The van der Waals surface area contributed by atoms with E-state index in [0.717, 1.165) is 16.5 Å². The summed E-state index contributed by atoms with van der Waals surface area (Å²) in [4.78, 5) is 0. The molecule has 0 saturated carbocycles. The third-order valence-corrected chi connectivity index (χ3v) is 3.68. The standard InChI is InChI=1S/C16H12ClN3O/c17-16-14(11-6-2-1-3-7-11)12-8-4-5-9-13(18)15(12)20(16)10-19-21/h1-10,18,21H. The van der Waals surface area contributed by atoms with Gasteiger partial charge in [0.15, 0.2) is 0 Å². The lowest BCUT2D eigenvalue weighted by atomic mass is 10.1. The van der Waals surface area contributed by atoms with E-state index < -0.39 is 0 Å². The van der Waals surface area contributed by atoms with Crippen molar-refractivity contribution in [3.63, 3.8) is 0 Å². The van der Waals surface area contributed by atoms with Crippen LogP contribution in [-0.2, 0) is 0 Å². The van der Waals surface area contributed by atoms with Gasteiger partial charge in [-0.2, -0.15) is 0 Å². The second-order valence-corrected chi connectivity index (χ2v) is 4.88. The molecule has 1 heterocycles. The largest absolute Gasteiger partial charge is 0.410 e. The summed E-state index contributed by atoms with van der Waals surface area (Å²) in [5.41, 5.74) is 2.36. The Kier molecular flexibility index (Phi) is 3.46. The van der Waals surface area contributed by atoms with Crippen LogP contribution in [0.1, 0.15) is 0 Å². The molecule has 3 aromatic rings. The predicted octanol–water partition coefficient (Wildman–Crippen LogP) is 3.71. The number of hydrogen-bond donors (Lipinski definition) is 2. The maximum atomic E-state index is 8.87. The molecule has 21 heavy (non-hydrogen) atoms. The summed E-state index contributed by atoms with van der Waals surface area (Å²) in [5.74, 6) is 0. The van der Waals surface area contributed by atoms with Crippen molar-refractivity contribution in [2.75, 3.05) is 0 Å². The highest BCUT2D eigenvalue weighted by Crippen LogP contribution is 2.35. The molecule has 0 radical (unpaired) electrons. The van der Waals surface area contributed by atoms with Gasteiger partial charge in [-0.1, -0.05) is 65.3 Å². The van der Waals surface area contributed by atoms with E-state index in [1.807, 2.05) is 42.5 Å². The van der Waals surface area contributed by atoms with Crippen LogP contribution < -0.4 is 5.36 Å². The molecular weight excluding hydrogens is 286 g/mol. The van der Waals surface area contributed by atoms with Crippen molar-refractivity contribution in [1.82, 2.24) is 4.57 Å². The first-order chi connectivity index (χ1) is 10.2. The summed E-state index contributed by atoms with van der Waals surface area (Å²) in [6.07, 6.45) is 1.20. The highest BCUT2D eigenvalue weighted by Gasteiger charge is 2.16. The number of oxime groups is 1. The zero-order chi connectivity index (χ0) is 14.8. The smallest absolute Gasteiger partial charge is 0.140 e. The molecule has 0 unspecified atom stereocenters. The Labute approximate surface area is 126 Å². The molecule has 0 fully saturated rings. The van der Waals surface area contributed by atoms with Crippen LogP contribution in [0.15, 0.2) is 59.8 Å². The first kappa shape index (κ1) is 13.4. The Morgan fingerprint density at radius 2 is 1.71 bits per heavy atom. The van der Waals surface area contributed by atoms with Crippen molar-refractivity contribution in [1.29, 1.82) is 5.41 Å².